The highest BCUT2D eigenvalue weighted by molar-refractivity contribution is 6.31. The number of hydrogen-bond acceptors (Lipinski definition) is 3. The van der Waals surface area contributed by atoms with Gasteiger partial charge in [-0.05, 0) is 55.5 Å². The van der Waals surface area contributed by atoms with Crippen molar-refractivity contribution in [2.75, 3.05) is 0 Å². The molecule has 1 saturated carbocycles. The molecular weight excluding hydrogens is 284 g/mol. The predicted octanol–water partition coefficient (Wildman–Crippen LogP) is 4.40. The van der Waals surface area contributed by atoms with Crippen LogP contribution in [0.3, 0.4) is 0 Å². The molecule has 1 heterocycles. The number of rotatable bonds is 5. The molecule has 3 nitrogen and oxygen atoms in total. The number of ether oxygens (including phenoxy) is 1. The summed E-state index contributed by atoms with van der Waals surface area (Å²) in [5.41, 5.74) is 3.48. The summed E-state index contributed by atoms with van der Waals surface area (Å²) in [7, 11) is 0. The topological polar surface area (TPSA) is 34.1 Å². The van der Waals surface area contributed by atoms with Crippen molar-refractivity contribution in [2.45, 2.75) is 39.3 Å². The predicted molar refractivity (Wildman–Crippen MR) is 85.1 cm³/mol. The van der Waals surface area contributed by atoms with Crippen molar-refractivity contribution in [2.24, 2.45) is 0 Å². The molecule has 2 aromatic rings. The van der Waals surface area contributed by atoms with E-state index in [1.165, 1.54) is 24.0 Å². The van der Waals surface area contributed by atoms with Gasteiger partial charge in [0.25, 0.3) is 0 Å². The van der Waals surface area contributed by atoms with Gasteiger partial charge in [0, 0.05) is 24.8 Å². The molecule has 0 radical (unpaired) electrons. The molecule has 0 saturated heterocycles. The van der Waals surface area contributed by atoms with Crippen LogP contribution in [0.25, 0.3) is 0 Å². The van der Waals surface area contributed by atoms with Crippen LogP contribution in [-0.2, 0) is 6.54 Å². The first-order chi connectivity index (χ1) is 10.1. The van der Waals surface area contributed by atoms with E-state index in [1.54, 1.807) is 6.20 Å². The Kier molecular flexibility index (Phi) is 4.13. The number of hydrogen-bond donors (Lipinski definition) is 1. The molecule has 0 atom stereocenters. The van der Waals surface area contributed by atoms with Gasteiger partial charge in [-0.2, -0.15) is 0 Å². The zero-order valence-electron chi connectivity index (χ0n) is 12.3. The largest absolute Gasteiger partial charge is 0.439 e. The normalized spacial score (nSPS) is 14.2. The van der Waals surface area contributed by atoms with E-state index in [9.17, 15) is 0 Å². The van der Waals surface area contributed by atoms with Gasteiger partial charge < -0.3 is 10.1 Å². The molecule has 0 amide bonds. The Morgan fingerprint density at radius 3 is 2.76 bits per heavy atom. The van der Waals surface area contributed by atoms with E-state index in [0.29, 0.717) is 16.9 Å². The van der Waals surface area contributed by atoms with Crippen LogP contribution in [0.4, 0.5) is 0 Å². The van der Waals surface area contributed by atoms with Gasteiger partial charge in [0.05, 0.1) is 5.02 Å². The van der Waals surface area contributed by atoms with Crippen LogP contribution >= 0.6 is 11.6 Å². The van der Waals surface area contributed by atoms with E-state index in [2.05, 4.69) is 30.2 Å². The lowest BCUT2D eigenvalue weighted by atomic mass is 10.1. The molecule has 4 heteroatoms. The van der Waals surface area contributed by atoms with Crippen LogP contribution in [0.2, 0.25) is 5.02 Å². The average molecular weight is 303 g/mol. The van der Waals surface area contributed by atoms with Gasteiger partial charge >= 0.3 is 0 Å². The minimum Gasteiger partial charge on any atom is -0.439 e. The molecular formula is C17H19ClN2O. The van der Waals surface area contributed by atoms with Crippen LogP contribution in [0, 0.1) is 13.8 Å². The summed E-state index contributed by atoms with van der Waals surface area (Å²) < 4.78 is 5.83. The molecule has 0 bridgehead atoms. The standard InChI is InChI=1S/C17H19ClN2O/c1-11-3-6-15(7-12(11)2)21-17-8-13(16(18)10-20-17)9-19-14-4-5-14/h3,6-8,10,14,19H,4-5,9H2,1-2H3. The maximum atomic E-state index is 6.19. The minimum atomic E-state index is 0.579. The molecule has 21 heavy (non-hydrogen) atoms. The molecule has 0 spiro atoms. The zero-order valence-corrected chi connectivity index (χ0v) is 13.1. The van der Waals surface area contributed by atoms with E-state index in [1.807, 2.05) is 18.2 Å². The third kappa shape index (κ3) is 3.74. The summed E-state index contributed by atoms with van der Waals surface area (Å²) >= 11 is 6.19. The Morgan fingerprint density at radius 1 is 1.24 bits per heavy atom. The van der Waals surface area contributed by atoms with Gasteiger partial charge in [-0.25, -0.2) is 4.98 Å². The van der Waals surface area contributed by atoms with E-state index in [-0.39, 0.29) is 0 Å². The second kappa shape index (κ2) is 6.04. The zero-order chi connectivity index (χ0) is 14.8. The highest BCUT2D eigenvalue weighted by Gasteiger charge is 2.20. The first kappa shape index (κ1) is 14.4. The van der Waals surface area contributed by atoms with Crippen molar-refractivity contribution in [3.63, 3.8) is 0 Å². The minimum absolute atomic E-state index is 0.579. The molecule has 1 aromatic carbocycles. The molecule has 1 fully saturated rings. The van der Waals surface area contributed by atoms with Crippen molar-refractivity contribution in [1.29, 1.82) is 0 Å². The van der Waals surface area contributed by atoms with Crippen molar-refractivity contribution in [1.82, 2.24) is 10.3 Å². The Bertz CT molecular complexity index is 653. The second-order valence-electron chi connectivity index (χ2n) is 5.62. The number of halogens is 1. The first-order valence-electron chi connectivity index (χ1n) is 7.25. The van der Waals surface area contributed by atoms with Gasteiger partial charge in [-0.3, -0.25) is 0 Å². The van der Waals surface area contributed by atoms with E-state index < -0.39 is 0 Å². The molecule has 0 aliphatic heterocycles. The highest BCUT2D eigenvalue weighted by atomic mass is 35.5. The first-order valence-corrected chi connectivity index (χ1v) is 7.62. The van der Waals surface area contributed by atoms with Gasteiger partial charge in [-0.1, -0.05) is 17.7 Å². The Balaban J connectivity index is 1.74. The third-order valence-electron chi connectivity index (χ3n) is 3.77. The van der Waals surface area contributed by atoms with E-state index >= 15 is 0 Å². The quantitative estimate of drug-likeness (QED) is 0.889. The fourth-order valence-corrected chi connectivity index (χ4v) is 2.26. The lowest BCUT2D eigenvalue weighted by Gasteiger charge is -2.10. The molecule has 1 N–H and O–H groups in total. The fraction of sp³-hybridized carbons (Fsp3) is 0.353. The number of pyridine rings is 1. The maximum Gasteiger partial charge on any atom is 0.219 e. The lowest BCUT2D eigenvalue weighted by Crippen LogP contribution is -2.15. The summed E-state index contributed by atoms with van der Waals surface area (Å²) in [6.45, 7) is 4.92. The number of aromatic nitrogens is 1. The average Bonchev–Trinajstić information content (AvgIpc) is 3.28. The number of nitrogens with zero attached hydrogens (tertiary/aromatic N) is 1. The number of nitrogens with one attached hydrogen (secondary N) is 1. The van der Waals surface area contributed by atoms with Gasteiger partial charge in [-0.15, -0.1) is 0 Å². The highest BCUT2D eigenvalue weighted by Crippen LogP contribution is 2.26. The molecule has 3 rings (SSSR count). The van der Waals surface area contributed by atoms with Crippen LogP contribution in [0.15, 0.2) is 30.5 Å². The lowest BCUT2D eigenvalue weighted by molar-refractivity contribution is 0.461. The molecule has 1 aliphatic rings. The maximum absolute atomic E-state index is 6.19. The van der Waals surface area contributed by atoms with E-state index in [4.69, 9.17) is 16.3 Å². The van der Waals surface area contributed by atoms with Crippen LogP contribution < -0.4 is 10.1 Å². The summed E-state index contributed by atoms with van der Waals surface area (Å²) in [5.74, 6) is 1.38. The van der Waals surface area contributed by atoms with Crippen LogP contribution in [-0.4, -0.2) is 11.0 Å². The fourth-order valence-electron chi connectivity index (χ4n) is 2.09. The second-order valence-corrected chi connectivity index (χ2v) is 6.02. The van der Waals surface area contributed by atoms with Crippen LogP contribution in [0.1, 0.15) is 29.5 Å². The SMILES string of the molecule is Cc1ccc(Oc2cc(CNC3CC3)c(Cl)cn2)cc1C. The van der Waals surface area contributed by atoms with Crippen molar-refractivity contribution in [3.05, 3.63) is 52.2 Å². The summed E-state index contributed by atoms with van der Waals surface area (Å²) in [4.78, 5) is 4.25. The van der Waals surface area contributed by atoms with Crippen molar-refractivity contribution < 1.29 is 4.74 Å². The number of benzene rings is 1. The van der Waals surface area contributed by atoms with Gasteiger partial charge in [0.1, 0.15) is 5.75 Å². The summed E-state index contributed by atoms with van der Waals surface area (Å²) in [6, 6.07) is 8.59. The van der Waals surface area contributed by atoms with Crippen molar-refractivity contribution in [3.8, 4) is 11.6 Å². The Labute approximate surface area is 130 Å². The summed E-state index contributed by atoms with van der Waals surface area (Å²) in [6.07, 6.45) is 4.17. The third-order valence-corrected chi connectivity index (χ3v) is 4.11. The molecule has 1 aromatic heterocycles. The molecule has 1 aliphatic carbocycles. The van der Waals surface area contributed by atoms with Crippen molar-refractivity contribution >= 4 is 11.6 Å². The molecule has 110 valence electrons. The Morgan fingerprint density at radius 2 is 2.05 bits per heavy atom. The Hall–Kier alpha value is -1.58. The summed E-state index contributed by atoms with van der Waals surface area (Å²) in [5, 5.41) is 4.13. The smallest absolute Gasteiger partial charge is 0.219 e. The van der Waals surface area contributed by atoms with Gasteiger partial charge in [0.15, 0.2) is 0 Å². The number of aryl methyl sites for hydroxylation is 2. The molecule has 0 unspecified atom stereocenters. The van der Waals surface area contributed by atoms with Crippen LogP contribution in [0.5, 0.6) is 11.6 Å². The van der Waals surface area contributed by atoms with E-state index in [0.717, 1.165) is 17.9 Å². The monoisotopic (exact) mass is 302 g/mol. The van der Waals surface area contributed by atoms with Gasteiger partial charge in [0.2, 0.25) is 5.88 Å².